The van der Waals surface area contributed by atoms with Gasteiger partial charge in [0.05, 0.1) is 0 Å². The highest BCUT2D eigenvalue weighted by Gasteiger charge is 2.14. The SMILES string of the molecule is Cc1cc(OCC(=O)NCc2ccc(N3CCN(C)CC3)cc2)ccc1Cl. The van der Waals surface area contributed by atoms with Crippen molar-refractivity contribution in [3.05, 3.63) is 58.6 Å². The van der Waals surface area contributed by atoms with Crippen LogP contribution in [0.15, 0.2) is 42.5 Å². The number of hydrogen-bond acceptors (Lipinski definition) is 4. The quantitative estimate of drug-likeness (QED) is 0.827. The molecule has 0 unspecified atom stereocenters. The standard InChI is InChI=1S/C21H26ClN3O2/c1-16-13-19(7-8-20(16)22)27-15-21(26)23-14-17-3-5-18(6-4-17)25-11-9-24(2)10-12-25/h3-8,13H,9-12,14-15H2,1-2H3,(H,23,26). The maximum atomic E-state index is 12.0. The van der Waals surface area contributed by atoms with Crippen molar-refractivity contribution < 1.29 is 9.53 Å². The molecule has 0 spiro atoms. The van der Waals surface area contributed by atoms with E-state index in [0.717, 1.165) is 37.3 Å². The van der Waals surface area contributed by atoms with Gasteiger partial charge in [-0.15, -0.1) is 0 Å². The summed E-state index contributed by atoms with van der Waals surface area (Å²) in [4.78, 5) is 16.7. The van der Waals surface area contributed by atoms with E-state index in [0.29, 0.717) is 17.3 Å². The second-order valence-corrected chi connectivity index (χ2v) is 7.34. The minimum atomic E-state index is -0.147. The van der Waals surface area contributed by atoms with Crippen molar-refractivity contribution in [3.8, 4) is 5.75 Å². The molecule has 1 aliphatic heterocycles. The third-order valence-corrected chi connectivity index (χ3v) is 5.22. The summed E-state index contributed by atoms with van der Waals surface area (Å²) in [5, 5.41) is 3.58. The summed E-state index contributed by atoms with van der Waals surface area (Å²) in [6.07, 6.45) is 0. The number of carbonyl (C=O) groups excluding carboxylic acids is 1. The number of hydrogen-bond donors (Lipinski definition) is 1. The van der Waals surface area contributed by atoms with Crippen LogP contribution in [0.3, 0.4) is 0 Å². The van der Waals surface area contributed by atoms with Crippen molar-refractivity contribution in [2.75, 3.05) is 44.7 Å². The van der Waals surface area contributed by atoms with Gasteiger partial charge in [0, 0.05) is 43.4 Å². The molecule has 1 amide bonds. The molecule has 0 atom stereocenters. The third-order valence-electron chi connectivity index (χ3n) is 4.79. The Kier molecular flexibility index (Phi) is 6.58. The van der Waals surface area contributed by atoms with Gasteiger partial charge in [0.15, 0.2) is 6.61 Å². The van der Waals surface area contributed by atoms with Gasteiger partial charge in [0.2, 0.25) is 0 Å². The van der Waals surface area contributed by atoms with E-state index < -0.39 is 0 Å². The third kappa shape index (κ3) is 5.62. The van der Waals surface area contributed by atoms with E-state index in [9.17, 15) is 4.79 Å². The van der Waals surface area contributed by atoms with E-state index in [-0.39, 0.29) is 12.5 Å². The number of anilines is 1. The summed E-state index contributed by atoms with van der Waals surface area (Å²) < 4.78 is 5.52. The number of ether oxygens (including phenoxy) is 1. The van der Waals surface area contributed by atoms with Gasteiger partial charge in [-0.2, -0.15) is 0 Å². The summed E-state index contributed by atoms with van der Waals surface area (Å²) in [7, 11) is 2.15. The maximum Gasteiger partial charge on any atom is 0.258 e. The first kappa shape index (κ1) is 19.5. The fourth-order valence-electron chi connectivity index (χ4n) is 3.00. The van der Waals surface area contributed by atoms with E-state index in [1.807, 2.05) is 13.0 Å². The van der Waals surface area contributed by atoms with E-state index in [2.05, 4.69) is 46.4 Å². The van der Waals surface area contributed by atoms with Gasteiger partial charge in [-0.1, -0.05) is 23.7 Å². The lowest BCUT2D eigenvalue weighted by atomic mass is 10.2. The van der Waals surface area contributed by atoms with Crippen LogP contribution in [-0.2, 0) is 11.3 Å². The van der Waals surface area contributed by atoms with Gasteiger partial charge in [0.1, 0.15) is 5.75 Å². The first-order valence-electron chi connectivity index (χ1n) is 9.19. The Labute approximate surface area is 165 Å². The Hall–Kier alpha value is -2.24. The van der Waals surface area contributed by atoms with Crippen molar-refractivity contribution in [1.82, 2.24) is 10.2 Å². The molecule has 0 aromatic heterocycles. The number of rotatable bonds is 6. The van der Waals surface area contributed by atoms with E-state index >= 15 is 0 Å². The van der Waals surface area contributed by atoms with Crippen LogP contribution in [0.25, 0.3) is 0 Å². The van der Waals surface area contributed by atoms with Gasteiger partial charge >= 0.3 is 0 Å². The highest BCUT2D eigenvalue weighted by molar-refractivity contribution is 6.31. The number of likely N-dealkylation sites (N-methyl/N-ethyl adjacent to an activating group) is 1. The Balaban J connectivity index is 1.43. The van der Waals surface area contributed by atoms with Crippen LogP contribution in [0.5, 0.6) is 5.75 Å². The lowest BCUT2D eigenvalue weighted by Crippen LogP contribution is -2.44. The summed E-state index contributed by atoms with van der Waals surface area (Å²) in [6, 6.07) is 13.7. The lowest BCUT2D eigenvalue weighted by molar-refractivity contribution is -0.123. The Morgan fingerprint density at radius 2 is 1.81 bits per heavy atom. The fourth-order valence-corrected chi connectivity index (χ4v) is 3.11. The molecule has 0 radical (unpaired) electrons. The Morgan fingerprint density at radius 3 is 2.48 bits per heavy atom. The number of carbonyl (C=O) groups is 1. The van der Waals surface area contributed by atoms with Gasteiger partial charge < -0.3 is 19.9 Å². The predicted molar refractivity (Wildman–Crippen MR) is 110 cm³/mol. The lowest BCUT2D eigenvalue weighted by Gasteiger charge is -2.34. The van der Waals surface area contributed by atoms with Crippen molar-refractivity contribution in [2.45, 2.75) is 13.5 Å². The molecule has 1 heterocycles. The van der Waals surface area contributed by atoms with Gasteiger partial charge in [-0.25, -0.2) is 0 Å². The van der Waals surface area contributed by atoms with Crippen molar-refractivity contribution in [1.29, 1.82) is 0 Å². The number of nitrogens with zero attached hydrogens (tertiary/aromatic N) is 2. The molecule has 5 nitrogen and oxygen atoms in total. The zero-order valence-electron chi connectivity index (χ0n) is 15.9. The van der Waals surface area contributed by atoms with Crippen LogP contribution in [0.2, 0.25) is 5.02 Å². The Bertz CT molecular complexity index is 771. The highest BCUT2D eigenvalue weighted by atomic mass is 35.5. The fraction of sp³-hybridized carbons (Fsp3) is 0.381. The normalized spacial score (nSPS) is 14.9. The first-order chi connectivity index (χ1) is 13.0. The van der Waals surface area contributed by atoms with Crippen LogP contribution in [0, 0.1) is 6.92 Å². The smallest absolute Gasteiger partial charge is 0.258 e. The molecule has 1 aliphatic rings. The second kappa shape index (κ2) is 9.11. The number of benzene rings is 2. The molecule has 1 fully saturated rings. The molecule has 27 heavy (non-hydrogen) atoms. The van der Waals surface area contributed by atoms with E-state index in [4.69, 9.17) is 16.3 Å². The first-order valence-corrected chi connectivity index (χ1v) is 9.57. The van der Waals surface area contributed by atoms with Crippen LogP contribution >= 0.6 is 11.6 Å². The summed E-state index contributed by atoms with van der Waals surface area (Å²) in [5.74, 6) is 0.495. The monoisotopic (exact) mass is 387 g/mol. The molecule has 0 saturated carbocycles. The zero-order valence-corrected chi connectivity index (χ0v) is 16.6. The van der Waals surface area contributed by atoms with Gasteiger partial charge in [0.25, 0.3) is 5.91 Å². The van der Waals surface area contributed by atoms with Crippen LogP contribution in [0.1, 0.15) is 11.1 Å². The largest absolute Gasteiger partial charge is 0.484 e. The van der Waals surface area contributed by atoms with Crippen LogP contribution in [-0.4, -0.2) is 50.6 Å². The average molecular weight is 388 g/mol. The molecule has 1 N–H and O–H groups in total. The van der Waals surface area contributed by atoms with Crippen molar-refractivity contribution in [3.63, 3.8) is 0 Å². The number of amides is 1. The molecule has 2 aromatic rings. The summed E-state index contributed by atoms with van der Waals surface area (Å²) in [5.41, 5.74) is 3.23. The highest BCUT2D eigenvalue weighted by Crippen LogP contribution is 2.21. The molecule has 144 valence electrons. The van der Waals surface area contributed by atoms with Crippen molar-refractivity contribution in [2.24, 2.45) is 0 Å². The average Bonchev–Trinajstić information content (AvgIpc) is 2.68. The van der Waals surface area contributed by atoms with E-state index in [1.54, 1.807) is 12.1 Å². The topological polar surface area (TPSA) is 44.8 Å². The molecule has 3 rings (SSSR count). The zero-order chi connectivity index (χ0) is 19.2. The van der Waals surface area contributed by atoms with Gasteiger partial charge in [-0.05, 0) is 55.4 Å². The van der Waals surface area contributed by atoms with Crippen molar-refractivity contribution >= 4 is 23.2 Å². The molecule has 0 bridgehead atoms. The number of piperazine rings is 1. The summed E-state index contributed by atoms with van der Waals surface area (Å²) >= 11 is 5.99. The van der Waals surface area contributed by atoms with E-state index in [1.165, 1.54) is 5.69 Å². The second-order valence-electron chi connectivity index (χ2n) is 6.93. The minimum absolute atomic E-state index is 0.0134. The molecular weight excluding hydrogens is 362 g/mol. The number of nitrogens with one attached hydrogen (secondary N) is 1. The molecule has 6 heteroatoms. The number of halogens is 1. The predicted octanol–water partition coefficient (Wildman–Crippen LogP) is 3.10. The van der Waals surface area contributed by atoms with Gasteiger partial charge in [-0.3, -0.25) is 4.79 Å². The molecule has 2 aromatic carbocycles. The maximum absolute atomic E-state index is 12.0. The molecule has 1 saturated heterocycles. The van der Waals surface area contributed by atoms with Crippen LogP contribution < -0.4 is 15.0 Å². The molecule has 0 aliphatic carbocycles. The Morgan fingerprint density at radius 1 is 1.11 bits per heavy atom. The summed E-state index contributed by atoms with van der Waals surface area (Å²) in [6.45, 7) is 6.66. The van der Waals surface area contributed by atoms with Crippen LogP contribution in [0.4, 0.5) is 5.69 Å². The number of aryl methyl sites for hydroxylation is 1. The molecular formula is C21H26ClN3O2. The minimum Gasteiger partial charge on any atom is -0.484 e.